The number of thiophene rings is 2. The van der Waals surface area contributed by atoms with Crippen molar-refractivity contribution in [2.45, 2.75) is 20.1 Å². The maximum Gasteiger partial charge on any atom is 0.326 e. The van der Waals surface area contributed by atoms with Crippen LogP contribution in [0.2, 0.25) is 0 Å². The van der Waals surface area contributed by atoms with E-state index in [0.29, 0.717) is 21.7 Å². The second-order valence-corrected chi connectivity index (χ2v) is 7.39. The summed E-state index contributed by atoms with van der Waals surface area (Å²) in [7, 11) is 0. The summed E-state index contributed by atoms with van der Waals surface area (Å²) in [5.41, 5.74) is 1.30. The van der Waals surface area contributed by atoms with Crippen LogP contribution in [0.3, 0.4) is 0 Å². The molecule has 0 bridgehead atoms. The van der Waals surface area contributed by atoms with Crippen molar-refractivity contribution in [2.75, 3.05) is 0 Å². The minimum atomic E-state index is -0.546. The van der Waals surface area contributed by atoms with Gasteiger partial charge in [0, 0.05) is 21.9 Å². The Morgan fingerprint density at radius 3 is 3.00 bits per heavy atom. The van der Waals surface area contributed by atoms with Crippen molar-refractivity contribution in [3.05, 3.63) is 57.1 Å². The molecular formula is C17H13N3O4S2. The average molecular weight is 387 g/mol. The fourth-order valence-electron chi connectivity index (χ4n) is 2.51. The first-order valence-electron chi connectivity index (χ1n) is 7.70. The number of aromatic nitrogens is 3. The normalized spacial score (nSPS) is 11.1. The monoisotopic (exact) mass is 387 g/mol. The van der Waals surface area contributed by atoms with E-state index in [1.165, 1.54) is 22.2 Å². The predicted octanol–water partition coefficient (Wildman–Crippen LogP) is 3.23. The quantitative estimate of drug-likeness (QED) is 0.489. The van der Waals surface area contributed by atoms with Crippen LogP contribution in [0.5, 0.6) is 0 Å². The van der Waals surface area contributed by atoms with Gasteiger partial charge in [-0.05, 0) is 18.4 Å². The van der Waals surface area contributed by atoms with Crippen LogP contribution in [0.1, 0.15) is 11.5 Å². The van der Waals surface area contributed by atoms with E-state index in [4.69, 9.17) is 9.26 Å². The molecule has 4 heterocycles. The van der Waals surface area contributed by atoms with E-state index >= 15 is 0 Å². The molecule has 9 heteroatoms. The molecule has 26 heavy (non-hydrogen) atoms. The average Bonchev–Trinajstić information content (AvgIpc) is 3.35. The molecule has 0 atom stereocenters. The third kappa shape index (κ3) is 3.18. The minimum absolute atomic E-state index is 0.0248. The van der Waals surface area contributed by atoms with Crippen molar-refractivity contribution in [1.29, 1.82) is 0 Å². The molecule has 0 saturated heterocycles. The maximum absolute atomic E-state index is 12.8. The predicted molar refractivity (Wildman–Crippen MR) is 98.2 cm³/mol. The molecule has 0 amide bonds. The number of hydrogen-bond donors (Lipinski definition) is 0. The number of carbonyl (C=O) groups excluding carboxylic acids is 1. The molecule has 0 unspecified atom stereocenters. The molecule has 0 aliphatic carbocycles. The van der Waals surface area contributed by atoms with Crippen molar-refractivity contribution in [1.82, 2.24) is 14.7 Å². The Labute approximate surface area is 155 Å². The van der Waals surface area contributed by atoms with Gasteiger partial charge in [0.15, 0.2) is 12.4 Å². The number of fused-ring (bicyclic) bond motifs is 1. The van der Waals surface area contributed by atoms with Gasteiger partial charge in [-0.15, -0.1) is 22.7 Å². The zero-order valence-corrected chi connectivity index (χ0v) is 15.3. The molecule has 0 radical (unpaired) electrons. The summed E-state index contributed by atoms with van der Waals surface area (Å²) in [4.78, 5) is 30.8. The summed E-state index contributed by atoms with van der Waals surface area (Å²) in [6, 6.07) is 5.57. The van der Waals surface area contributed by atoms with Crippen molar-refractivity contribution < 1.29 is 14.1 Å². The van der Waals surface area contributed by atoms with Gasteiger partial charge in [-0.25, -0.2) is 4.98 Å². The molecule has 0 aliphatic rings. The number of nitrogens with zero attached hydrogens (tertiary/aromatic N) is 3. The molecule has 0 fully saturated rings. The van der Waals surface area contributed by atoms with Crippen LogP contribution in [0.4, 0.5) is 0 Å². The molecule has 4 rings (SSSR count). The van der Waals surface area contributed by atoms with Gasteiger partial charge in [-0.3, -0.25) is 14.2 Å². The van der Waals surface area contributed by atoms with E-state index in [-0.39, 0.29) is 18.7 Å². The summed E-state index contributed by atoms with van der Waals surface area (Å²) in [5, 5.41) is 8.12. The smallest absolute Gasteiger partial charge is 0.326 e. The van der Waals surface area contributed by atoms with E-state index < -0.39 is 5.97 Å². The summed E-state index contributed by atoms with van der Waals surface area (Å²) >= 11 is 2.96. The molecule has 0 spiro atoms. The fraction of sp³-hybridized carbons (Fsp3) is 0.176. The highest BCUT2D eigenvalue weighted by Gasteiger charge is 2.16. The Balaban J connectivity index is 1.57. The molecule has 4 aromatic rings. The zero-order valence-electron chi connectivity index (χ0n) is 13.7. The summed E-state index contributed by atoms with van der Waals surface area (Å²) in [6.45, 7) is 1.54. The number of aryl methyl sites for hydroxylation is 1. The lowest BCUT2D eigenvalue weighted by Crippen LogP contribution is -2.25. The molecule has 0 saturated carbocycles. The maximum atomic E-state index is 12.8. The van der Waals surface area contributed by atoms with Crippen LogP contribution in [-0.2, 0) is 22.7 Å². The Bertz CT molecular complexity index is 1120. The van der Waals surface area contributed by atoms with Crippen molar-refractivity contribution >= 4 is 38.9 Å². The fourth-order valence-corrected chi connectivity index (χ4v) is 4.23. The second kappa shape index (κ2) is 6.85. The minimum Gasteiger partial charge on any atom is -0.456 e. The first-order valence-corrected chi connectivity index (χ1v) is 9.46. The van der Waals surface area contributed by atoms with Crippen LogP contribution in [0.15, 0.2) is 44.6 Å². The van der Waals surface area contributed by atoms with E-state index in [1.54, 1.807) is 24.3 Å². The van der Waals surface area contributed by atoms with E-state index in [1.807, 2.05) is 22.9 Å². The van der Waals surface area contributed by atoms with Gasteiger partial charge in [0.25, 0.3) is 5.56 Å². The Hall–Kier alpha value is -2.78. The molecule has 7 nitrogen and oxygen atoms in total. The van der Waals surface area contributed by atoms with Crippen molar-refractivity contribution in [2.24, 2.45) is 0 Å². The zero-order chi connectivity index (χ0) is 18.1. The van der Waals surface area contributed by atoms with Gasteiger partial charge < -0.3 is 9.26 Å². The molecule has 132 valence electrons. The Kier molecular flexibility index (Phi) is 4.39. The summed E-state index contributed by atoms with van der Waals surface area (Å²) < 4.78 is 11.4. The summed E-state index contributed by atoms with van der Waals surface area (Å²) in [5.74, 6) is -0.0928. The first-order chi connectivity index (χ1) is 12.6. The Morgan fingerprint density at radius 2 is 2.27 bits per heavy atom. The van der Waals surface area contributed by atoms with E-state index in [9.17, 15) is 9.59 Å². The lowest BCUT2D eigenvalue weighted by atomic mass is 10.2. The van der Waals surface area contributed by atoms with Gasteiger partial charge in [0.05, 0.1) is 17.4 Å². The third-order valence-corrected chi connectivity index (χ3v) is 5.49. The van der Waals surface area contributed by atoms with Crippen molar-refractivity contribution in [3.8, 4) is 10.4 Å². The second-order valence-electron chi connectivity index (χ2n) is 5.58. The van der Waals surface area contributed by atoms with Crippen LogP contribution in [0.25, 0.3) is 20.7 Å². The van der Waals surface area contributed by atoms with Crippen molar-refractivity contribution in [3.63, 3.8) is 0 Å². The van der Waals surface area contributed by atoms with Gasteiger partial charge in [0.2, 0.25) is 0 Å². The van der Waals surface area contributed by atoms with Gasteiger partial charge >= 0.3 is 5.97 Å². The molecule has 0 N–H and O–H groups in total. The van der Waals surface area contributed by atoms with Crippen LogP contribution in [0, 0.1) is 6.92 Å². The van der Waals surface area contributed by atoms with Crippen LogP contribution < -0.4 is 5.56 Å². The van der Waals surface area contributed by atoms with Gasteiger partial charge in [-0.1, -0.05) is 11.2 Å². The number of carbonyl (C=O) groups is 1. The highest BCUT2D eigenvalue weighted by Crippen LogP contribution is 2.33. The van der Waals surface area contributed by atoms with Crippen LogP contribution >= 0.6 is 22.7 Å². The standard InChI is InChI=1S/C17H13N3O4S2/c1-10-5-11(24-19-10)7-23-14(21)6-20-9-18-16-15(17(20)22)12(8-26-16)13-3-2-4-25-13/h2-5,8-9H,6-7H2,1H3. The van der Waals surface area contributed by atoms with Gasteiger partial charge in [-0.2, -0.15) is 0 Å². The highest BCUT2D eigenvalue weighted by atomic mass is 32.1. The summed E-state index contributed by atoms with van der Waals surface area (Å²) in [6.07, 6.45) is 1.37. The van der Waals surface area contributed by atoms with Gasteiger partial charge in [0.1, 0.15) is 11.4 Å². The third-order valence-electron chi connectivity index (χ3n) is 3.70. The number of hydrogen-bond acceptors (Lipinski definition) is 8. The lowest BCUT2D eigenvalue weighted by Gasteiger charge is -2.06. The van der Waals surface area contributed by atoms with Crippen LogP contribution in [-0.4, -0.2) is 20.7 Å². The molecule has 0 aliphatic heterocycles. The lowest BCUT2D eigenvalue weighted by molar-refractivity contribution is -0.146. The molecule has 4 aromatic heterocycles. The number of rotatable bonds is 5. The number of ether oxygens (including phenoxy) is 1. The largest absolute Gasteiger partial charge is 0.456 e. The highest BCUT2D eigenvalue weighted by molar-refractivity contribution is 7.18. The number of esters is 1. The first kappa shape index (κ1) is 16.7. The molecular weight excluding hydrogens is 374 g/mol. The molecule has 0 aromatic carbocycles. The van der Waals surface area contributed by atoms with E-state index in [2.05, 4.69) is 10.1 Å². The van der Waals surface area contributed by atoms with E-state index in [0.717, 1.165) is 10.4 Å². The SMILES string of the molecule is Cc1cc(COC(=O)Cn2cnc3scc(-c4cccs4)c3c2=O)on1. The topological polar surface area (TPSA) is 87.2 Å². The Morgan fingerprint density at radius 1 is 1.38 bits per heavy atom.